The Balaban J connectivity index is 1.88. The number of hydrogen-bond donors (Lipinski definition) is 1. The highest BCUT2D eigenvalue weighted by molar-refractivity contribution is 9.10. The number of pyridine rings is 1. The largest absolute Gasteiger partial charge is 0.488 e. The molecular formula is C16H13BrN2O. The van der Waals surface area contributed by atoms with E-state index in [1.165, 1.54) is 0 Å². The zero-order valence-corrected chi connectivity index (χ0v) is 12.3. The summed E-state index contributed by atoms with van der Waals surface area (Å²) in [5, 5.41) is 0.935. The predicted octanol–water partition coefficient (Wildman–Crippen LogP) is 4.16. The van der Waals surface area contributed by atoms with Gasteiger partial charge in [0, 0.05) is 16.1 Å². The fraction of sp³-hybridized carbons (Fsp3) is 0.0625. The Kier molecular flexibility index (Phi) is 3.56. The van der Waals surface area contributed by atoms with Crippen LogP contribution in [0.5, 0.6) is 5.75 Å². The van der Waals surface area contributed by atoms with E-state index < -0.39 is 0 Å². The third kappa shape index (κ3) is 2.60. The molecule has 4 heteroatoms. The summed E-state index contributed by atoms with van der Waals surface area (Å²) < 4.78 is 6.95. The van der Waals surface area contributed by atoms with E-state index in [4.69, 9.17) is 10.5 Å². The second-order valence-electron chi connectivity index (χ2n) is 4.47. The van der Waals surface area contributed by atoms with Crippen molar-refractivity contribution in [2.45, 2.75) is 6.61 Å². The number of nitrogens with zero attached hydrogens (tertiary/aromatic N) is 1. The molecule has 0 unspecified atom stereocenters. The summed E-state index contributed by atoms with van der Waals surface area (Å²) >= 11 is 3.42. The predicted molar refractivity (Wildman–Crippen MR) is 84.6 cm³/mol. The summed E-state index contributed by atoms with van der Waals surface area (Å²) in [4.78, 5) is 4.30. The quantitative estimate of drug-likeness (QED) is 0.734. The van der Waals surface area contributed by atoms with Crippen LogP contribution >= 0.6 is 15.9 Å². The monoisotopic (exact) mass is 328 g/mol. The van der Waals surface area contributed by atoms with Crippen molar-refractivity contribution in [2.75, 3.05) is 5.73 Å². The zero-order chi connectivity index (χ0) is 13.9. The molecule has 0 aliphatic carbocycles. The van der Waals surface area contributed by atoms with E-state index >= 15 is 0 Å². The van der Waals surface area contributed by atoms with Gasteiger partial charge in [0.1, 0.15) is 12.4 Å². The first-order valence-corrected chi connectivity index (χ1v) is 7.04. The summed E-state index contributed by atoms with van der Waals surface area (Å²) in [6.07, 6.45) is 1.73. The van der Waals surface area contributed by atoms with Gasteiger partial charge in [0.15, 0.2) is 0 Å². The van der Waals surface area contributed by atoms with Crippen molar-refractivity contribution in [3.63, 3.8) is 0 Å². The highest BCUT2D eigenvalue weighted by Gasteiger charge is 2.06. The molecule has 3 aromatic rings. The van der Waals surface area contributed by atoms with Crippen LogP contribution in [0.4, 0.5) is 5.69 Å². The molecule has 0 aliphatic heterocycles. The lowest BCUT2D eigenvalue weighted by Crippen LogP contribution is -1.97. The molecule has 0 aliphatic rings. The second kappa shape index (κ2) is 5.51. The number of aromatic nitrogens is 1. The maximum absolute atomic E-state index is 5.93. The fourth-order valence-corrected chi connectivity index (χ4v) is 2.30. The van der Waals surface area contributed by atoms with E-state index in [0.717, 1.165) is 26.7 Å². The Morgan fingerprint density at radius 2 is 1.85 bits per heavy atom. The van der Waals surface area contributed by atoms with Crippen LogP contribution in [0, 0.1) is 0 Å². The molecule has 0 atom stereocenters. The van der Waals surface area contributed by atoms with Crippen LogP contribution in [0.3, 0.4) is 0 Å². The average molecular weight is 329 g/mol. The topological polar surface area (TPSA) is 48.1 Å². The van der Waals surface area contributed by atoms with Gasteiger partial charge in [-0.3, -0.25) is 4.98 Å². The van der Waals surface area contributed by atoms with Crippen LogP contribution in [-0.4, -0.2) is 4.98 Å². The lowest BCUT2D eigenvalue weighted by Gasteiger charge is -2.10. The van der Waals surface area contributed by atoms with E-state index in [9.17, 15) is 0 Å². The minimum absolute atomic E-state index is 0.515. The molecule has 3 rings (SSSR count). The first-order chi connectivity index (χ1) is 9.74. The molecule has 20 heavy (non-hydrogen) atoms. The third-order valence-electron chi connectivity index (χ3n) is 3.07. The van der Waals surface area contributed by atoms with Gasteiger partial charge in [0.25, 0.3) is 0 Å². The molecule has 1 heterocycles. The number of anilines is 1. The van der Waals surface area contributed by atoms with Crippen molar-refractivity contribution in [1.29, 1.82) is 0 Å². The van der Waals surface area contributed by atoms with Crippen molar-refractivity contribution in [2.24, 2.45) is 0 Å². The smallest absolute Gasteiger partial charge is 0.129 e. The summed E-state index contributed by atoms with van der Waals surface area (Å²) in [6.45, 7) is 0.515. The molecule has 3 nitrogen and oxygen atoms in total. The molecule has 2 N–H and O–H groups in total. The average Bonchev–Trinajstić information content (AvgIpc) is 2.49. The molecule has 0 saturated carbocycles. The number of rotatable bonds is 3. The van der Waals surface area contributed by atoms with Gasteiger partial charge in [-0.2, -0.15) is 0 Å². The fourth-order valence-electron chi connectivity index (χ4n) is 2.04. The van der Waals surface area contributed by atoms with Crippen LogP contribution in [-0.2, 0) is 6.61 Å². The Labute approximate surface area is 125 Å². The Morgan fingerprint density at radius 3 is 2.65 bits per heavy atom. The SMILES string of the molecule is Nc1ccc(OCc2ccc(Br)cc2)c2cccnc12. The number of halogens is 1. The van der Waals surface area contributed by atoms with Gasteiger partial charge < -0.3 is 10.5 Å². The number of benzene rings is 2. The minimum Gasteiger partial charge on any atom is -0.488 e. The van der Waals surface area contributed by atoms with Gasteiger partial charge >= 0.3 is 0 Å². The zero-order valence-electron chi connectivity index (χ0n) is 10.7. The molecule has 0 spiro atoms. The van der Waals surface area contributed by atoms with Gasteiger partial charge in [0.05, 0.1) is 11.2 Å². The van der Waals surface area contributed by atoms with E-state index in [0.29, 0.717) is 12.3 Å². The Bertz CT molecular complexity index is 741. The van der Waals surface area contributed by atoms with Crippen molar-refractivity contribution >= 4 is 32.5 Å². The first kappa shape index (κ1) is 12.9. The highest BCUT2D eigenvalue weighted by atomic mass is 79.9. The van der Waals surface area contributed by atoms with E-state index in [-0.39, 0.29) is 0 Å². The second-order valence-corrected chi connectivity index (χ2v) is 5.38. The standard InChI is InChI=1S/C16H13BrN2O/c17-12-5-3-11(4-6-12)10-20-15-8-7-14(18)16-13(15)2-1-9-19-16/h1-9H,10,18H2. The van der Waals surface area contributed by atoms with E-state index in [1.807, 2.05) is 48.5 Å². The lowest BCUT2D eigenvalue weighted by molar-refractivity contribution is 0.310. The molecular weight excluding hydrogens is 316 g/mol. The number of fused-ring (bicyclic) bond motifs is 1. The van der Waals surface area contributed by atoms with Crippen LogP contribution in [0.15, 0.2) is 59.2 Å². The van der Waals surface area contributed by atoms with E-state index in [1.54, 1.807) is 6.20 Å². The molecule has 0 fully saturated rings. The Hall–Kier alpha value is -2.07. The third-order valence-corrected chi connectivity index (χ3v) is 3.60. The van der Waals surface area contributed by atoms with Crippen molar-refractivity contribution < 1.29 is 4.74 Å². The number of ether oxygens (including phenoxy) is 1. The molecule has 0 radical (unpaired) electrons. The lowest BCUT2D eigenvalue weighted by atomic mass is 10.1. The van der Waals surface area contributed by atoms with Gasteiger partial charge in [-0.1, -0.05) is 28.1 Å². The summed E-state index contributed by atoms with van der Waals surface area (Å²) in [7, 11) is 0. The van der Waals surface area contributed by atoms with Gasteiger partial charge in [-0.25, -0.2) is 0 Å². The van der Waals surface area contributed by atoms with Crippen molar-refractivity contribution in [3.05, 3.63) is 64.8 Å². The summed E-state index contributed by atoms with van der Waals surface area (Å²) in [6, 6.07) is 15.6. The van der Waals surface area contributed by atoms with Gasteiger partial charge in [-0.05, 0) is 42.0 Å². The van der Waals surface area contributed by atoms with Crippen LogP contribution in [0.2, 0.25) is 0 Å². The van der Waals surface area contributed by atoms with Crippen molar-refractivity contribution in [1.82, 2.24) is 4.98 Å². The van der Waals surface area contributed by atoms with E-state index in [2.05, 4.69) is 20.9 Å². The Morgan fingerprint density at radius 1 is 1.05 bits per heavy atom. The number of nitrogen functional groups attached to an aromatic ring is 1. The van der Waals surface area contributed by atoms with Crippen LogP contribution < -0.4 is 10.5 Å². The van der Waals surface area contributed by atoms with Gasteiger partial charge in [-0.15, -0.1) is 0 Å². The molecule has 1 aromatic heterocycles. The first-order valence-electron chi connectivity index (χ1n) is 6.24. The summed E-state index contributed by atoms with van der Waals surface area (Å²) in [5.41, 5.74) is 8.48. The normalized spacial score (nSPS) is 10.7. The summed E-state index contributed by atoms with van der Waals surface area (Å²) in [5.74, 6) is 0.796. The number of nitrogens with two attached hydrogens (primary N) is 1. The highest BCUT2D eigenvalue weighted by Crippen LogP contribution is 2.28. The molecule has 0 bridgehead atoms. The maximum atomic E-state index is 5.93. The molecule has 0 amide bonds. The van der Waals surface area contributed by atoms with Crippen LogP contribution in [0.25, 0.3) is 10.9 Å². The minimum atomic E-state index is 0.515. The van der Waals surface area contributed by atoms with Gasteiger partial charge in [0.2, 0.25) is 0 Å². The van der Waals surface area contributed by atoms with Crippen LogP contribution in [0.1, 0.15) is 5.56 Å². The molecule has 100 valence electrons. The molecule has 0 saturated heterocycles. The maximum Gasteiger partial charge on any atom is 0.129 e. The number of hydrogen-bond acceptors (Lipinski definition) is 3. The molecule has 2 aromatic carbocycles. The van der Waals surface area contributed by atoms with Crippen molar-refractivity contribution in [3.8, 4) is 5.75 Å².